The molecule has 2 aromatic rings. The number of nitrogens with one attached hydrogen (secondary N) is 3. The van der Waals surface area contributed by atoms with Gasteiger partial charge in [-0.3, -0.25) is 4.79 Å². The standard InChI is InChI=1S/C18H18FN3O4S/c19-15-6-1-2-7-16(15)22-17(23)12-4-3-5-13(10-12)20-18(24)21-14-8-9-27(25,26)11-14/h1-7,10,14H,8-9,11H2,(H,22,23)(H2,20,21,24). The highest BCUT2D eigenvalue weighted by molar-refractivity contribution is 7.91. The highest BCUT2D eigenvalue weighted by Crippen LogP contribution is 2.17. The Labute approximate surface area is 155 Å². The largest absolute Gasteiger partial charge is 0.334 e. The second-order valence-corrected chi connectivity index (χ2v) is 8.44. The quantitative estimate of drug-likeness (QED) is 0.744. The van der Waals surface area contributed by atoms with Crippen LogP contribution in [0.2, 0.25) is 0 Å². The van der Waals surface area contributed by atoms with Crippen molar-refractivity contribution in [3.05, 3.63) is 59.9 Å². The van der Waals surface area contributed by atoms with Gasteiger partial charge in [0.2, 0.25) is 0 Å². The average Bonchev–Trinajstić information content (AvgIpc) is 2.95. The minimum absolute atomic E-state index is 0.0565. The number of rotatable bonds is 4. The summed E-state index contributed by atoms with van der Waals surface area (Å²) in [5, 5.41) is 7.63. The molecule has 3 N–H and O–H groups in total. The summed E-state index contributed by atoms with van der Waals surface area (Å²) < 4.78 is 36.5. The summed E-state index contributed by atoms with van der Waals surface area (Å²) in [6.45, 7) is 0. The van der Waals surface area contributed by atoms with Crippen LogP contribution >= 0.6 is 0 Å². The molecule has 1 heterocycles. The molecular formula is C18H18FN3O4S. The van der Waals surface area contributed by atoms with E-state index in [9.17, 15) is 22.4 Å². The Morgan fingerprint density at radius 1 is 1.04 bits per heavy atom. The number of hydrogen-bond donors (Lipinski definition) is 3. The van der Waals surface area contributed by atoms with Crippen molar-refractivity contribution in [1.29, 1.82) is 0 Å². The third kappa shape index (κ3) is 5.04. The van der Waals surface area contributed by atoms with Gasteiger partial charge in [0.1, 0.15) is 5.82 Å². The fourth-order valence-corrected chi connectivity index (χ4v) is 4.43. The molecule has 1 unspecified atom stereocenters. The summed E-state index contributed by atoms with van der Waals surface area (Å²) in [4.78, 5) is 24.3. The Morgan fingerprint density at radius 3 is 2.52 bits per heavy atom. The molecule has 27 heavy (non-hydrogen) atoms. The predicted octanol–water partition coefficient (Wildman–Crippen LogP) is 2.39. The Bertz CT molecular complexity index is 978. The first kappa shape index (κ1) is 18.8. The number of sulfone groups is 1. The molecule has 0 aliphatic carbocycles. The van der Waals surface area contributed by atoms with Crippen molar-refractivity contribution in [3.8, 4) is 0 Å². The summed E-state index contributed by atoms with van der Waals surface area (Å²) >= 11 is 0. The highest BCUT2D eigenvalue weighted by atomic mass is 32.2. The van der Waals surface area contributed by atoms with E-state index in [-0.39, 0.29) is 22.8 Å². The van der Waals surface area contributed by atoms with Gasteiger partial charge in [0.15, 0.2) is 9.84 Å². The summed E-state index contributed by atoms with van der Waals surface area (Å²) in [5.41, 5.74) is 0.648. The molecule has 3 rings (SSSR count). The molecular weight excluding hydrogens is 373 g/mol. The maximum Gasteiger partial charge on any atom is 0.319 e. The van der Waals surface area contributed by atoms with Crippen LogP contribution in [0, 0.1) is 5.82 Å². The number of carbonyl (C=O) groups excluding carboxylic acids is 2. The van der Waals surface area contributed by atoms with E-state index in [1.807, 2.05) is 0 Å². The van der Waals surface area contributed by atoms with Crippen molar-refractivity contribution in [1.82, 2.24) is 5.32 Å². The second-order valence-electron chi connectivity index (χ2n) is 6.21. The summed E-state index contributed by atoms with van der Waals surface area (Å²) in [7, 11) is -3.09. The number of amides is 3. The molecule has 3 amide bonds. The van der Waals surface area contributed by atoms with Crippen LogP contribution in [0.25, 0.3) is 0 Å². The Hall–Kier alpha value is -2.94. The third-order valence-electron chi connectivity index (χ3n) is 4.07. The molecule has 0 spiro atoms. The number of anilines is 2. The smallest absolute Gasteiger partial charge is 0.319 e. The summed E-state index contributed by atoms with van der Waals surface area (Å²) in [6.07, 6.45) is 0.376. The van der Waals surface area contributed by atoms with E-state index in [1.54, 1.807) is 18.2 Å². The predicted molar refractivity (Wildman–Crippen MR) is 100 cm³/mol. The number of carbonyl (C=O) groups is 2. The Kier molecular flexibility index (Phi) is 5.41. The van der Waals surface area contributed by atoms with Gasteiger partial charge in [-0.1, -0.05) is 18.2 Å². The van der Waals surface area contributed by atoms with Crippen LogP contribution in [0.15, 0.2) is 48.5 Å². The third-order valence-corrected chi connectivity index (χ3v) is 5.84. The average molecular weight is 391 g/mol. The first-order valence-electron chi connectivity index (χ1n) is 8.26. The lowest BCUT2D eigenvalue weighted by Gasteiger charge is -2.13. The van der Waals surface area contributed by atoms with E-state index in [0.717, 1.165) is 0 Å². The van der Waals surface area contributed by atoms with Gasteiger partial charge in [0, 0.05) is 17.3 Å². The number of para-hydroxylation sites is 1. The molecule has 1 atom stereocenters. The zero-order chi connectivity index (χ0) is 19.4. The SMILES string of the molecule is O=C(Nc1cccc(C(=O)Nc2ccccc2F)c1)NC1CCS(=O)(=O)C1. The van der Waals surface area contributed by atoms with E-state index in [0.29, 0.717) is 12.1 Å². The monoisotopic (exact) mass is 391 g/mol. The van der Waals surface area contributed by atoms with Gasteiger partial charge in [-0.2, -0.15) is 0 Å². The van der Waals surface area contributed by atoms with E-state index < -0.39 is 33.6 Å². The molecule has 1 fully saturated rings. The van der Waals surface area contributed by atoms with Gasteiger partial charge >= 0.3 is 6.03 Å². The zero-order valence-electron chi connectivity index (χ0n) is 14.2. The van der Waals surface area contributed by atoms with Crippen LogP contribution in [-0.2, 0) is 9.84 Å². The number of urea groups is 1. The first-order valence-corrected chi connectivity index (χ1v) is 10.1. The van der Waals surface area contributed by atoms with Crippen molar-refractivity contribution in [2.45, 2.75) is 12.5 Å². The fourth-order valence-electron chi connectivity index (χ4n) is 2.76. The summed E-state index contributed by atoms with van der Waals surface area (Å²) in [6, 6.07) is 11.0. The van der Waals surface area contributed by atoms with Crippen LogP contribution in [0.5, 0.6) is 0 Å². The molecule has 0 bridgehead atoms. The Balaban J connectivity index is 1.62. The van der Waals surface area contributed by atoms with Crippen LogP contribution in [0.1, 0.15) is 16.8 Å². The number of halogens is 1. The van der Waals surface area contributed by atoms with Crippen LogP contribution in [0.4, 0.5) is 20.6 Å². The van der Waals surface area contributed by atoms with Crippen molar-refractivity contribution >= 4 is 33.2 Å². The number of hydrogen-bond acceptors (Lipinski definition) is 4. The van der Waals surface area contributed by atoms with E-state index >= 15 is 0 Å². The summed E-state index contributed by atoms with van der Waals surface area (Å²) in [5.74, 6) is -1.09. The second kappa shape index (κ2) is 7.75. The van der Waals surface area contributed by atoms with Crippen LogP contribution in [0.3, 0.4) is 0 Å². The van der Waals surface area contributed by atoms with Crippen molar-refractivity contribution < 1.29 is 22.4 Å². The lowest BCUT2D eigenvalue weighted by atomic mass is 10.2. The van der Waals surface area contributed by atoms with Crippen molar-refractivity contribution in [2.75, 3.05) is 22.1 Å². The minimum atomic E-state index is -3.09. The molecule has 1 aliphatic heterocycles. The van der Waals surface area contributed by atoms with Gasteiger partial charge in [-0.15, -0.1) is 0 Å². The molecule has 142 valence electrons. The van der Waals surface area contributed by atoms with E-state index in [1.165, 1.54) is 30.3 Å². The fraction of sp³-hybridized carbons (Fsp3) is 0.222. The van der Waals surface area contributed by atoms with Gasteiger partial charge < -0.3 is 16.0 Å². The van der Waals surface area contributed by atoms with Gasteiger partial charge in [-0.25, -0.2) is 17.6 Å². The molecule has 0 aromatic heterocycles. The topological polar surface area (TPSA) is 104 Å². The lowest BCUT2D eigenvalue weighted by molar-refractivity contribution is 0.102. The van der Waals surface area contributed by atoms with Crippen molar-refractivity contribution in [2.24, 2.45) is 0 Å². The molecule has 9 heteroatoms. The maximum atomic E-state index is 13.6. The van der Waals surface area contributed by atoms with Crippen LogP contribution < -0.4 is 16.0 Å². The van der Waals surface area contributed by atoms with Crippen LogP contribution in [-0.4, -0.2) is 37.9 Å². The number of benzene rings is 2. The van der Waals surface area contributed by atoms with Gasteiger partial charge in [0.25, 0.3) is 5.91 Å². The molecule has 1 saturated heterocycles. The zero-order valence-corrected chi connectivity index (χ0v) is 15.1. The molecule has 2 aromatic carbocycles. The minimum Gasteiger partial charge on any atom is -0.334 e. The van der Waals surface area contributed by atoms with E-state index in [4.69, 9.17) is 0 Å². The van der Waals surface area contributed by atoms with Crippen molar-refractivity contribution in [3.63, 3.8) is 0 Å². The molecule has 7 nitrogen and oxygen atoms in total. The molecule has 0 radical (unpaired) electrons. The highest BCUT2D eigenvalue weighted by Gasteiger charge is 2.28. The van der Waals surface area contributed by atoms with E-state index in [2.05, 4.69) is 16.0 Å². The lowest BCUT2D eigenvalue weighted by Crippen LogP contribution is -2.38. The maximum absolute atomic E-state index is 13.6. The Morgan fingerprint density at radius 2 is 1.81 bits per heavy atom. The normalized spacial score (nSPS) is 17.9. The molecule has 0 saturated carbocycles. The van der Waals surface area contributed by atoms with Gasteiger partial charge in [-0.05, 0) is 36.8 Å². The molecule has 1 aliphatic rings. The first-order chi connectivity index (χ1) is 12.8. The van der Waals surface area contributed by atoms with Gasteiger partial charge in [0.05, 0.1) is 17.2 Å².